The third-order valence-corrected chi connectivity index (χ3v) is 3.68. The number of carbonyl (C=O) groups is 1. The van der Waals surface area contributed by atoms with Crippen molar-refractivity contribution in [1.29, 1.82) is 0 Å². The number of rotatable bonds is 6. The van der Waals surface area contributed by atoms with Gasteiger partial charge < -0.3 is 19.7 Å². The Morgan fingerprint density at radius 3 is 3.00 bits per heavy atom. The van der Waals surface area contributed by atoms with E-state index >= 15 is 0 Å². The van der Waals surface area contributed by atoms with E-state index in [9.17, 15) is 9.59 Å². The van der Waals surface area contributed by atoms with Crippen LogP contribution in [0.4, 0.5) is 0 Å². The van der Waals surface area contributed by atoms with Crippen LogP contribution in [0.1, 0.15) is 16.9 Å². The number of aryl methyl sites for hydroxylation is 1. The molecule has 2 heterocycles. The first kappa shape index (κ1) is 17.6. The second-order valence-corrected chi connectivity index (χ2v) is 5.84. The van der Waals surface area contributed by atoms with Gasteiger partial charge in [0.25, 0.3) is 11.5 Å². The number of hydrogen-bond acceptors (Lipinski definition) is 6. The fourth-order valence-electron chi connectivity index (χ4n) is 2.29. The first-order valence-electron chi connectivity index (χ1n) is 7.66. The molecule has 1 fully saturated rings. The maximum absolute atomic E-state index is 12.3. The maximum Gasteiger partial charge on any atom is 0.272 e. The van der Waals surface area contributed by atoms with Gasteiger partial charge in [-0.25, -0.2) is 4.68 Å². The van der Waals surface area contributed by atoms with Gasteiger partial charge in [-0.05, 0) is 26.6 Å². The second kappa shape index (κ2) is 8.19. The highest BCUT2D eigenvalue weighted by molar-refractivity contribution is 5.92. The van der Waals surface area contributed by atoms with Crippen LogP contribution in [-0.4, -0.2) is 73.2 Å². The van der Waals surface area contributed by atoms with Gasteiger partial charge in [-0.3, -0.25) is 9.59 Å². The van der Waals surface area contributed by atoms with Crippen LogP contribution < -0.4 is 10.9 Å². The summed E-state index contributed by atoms with van der Waals surface area (Å²) in [6.07, 6.45) is 0.504. The summed E-state index contributed by atoms with van der Waals surface area (Å²) in [5, 5.41) is 6.90. The van der Waals surface area contributed by atoms with E-state index in [1.165, 1.54) is 19.2 Å². The van der Waals surface area contributed by atoms with Gasteiger partial charge >= 0.3 is 0 Å². The average molecular weight is 324 g/mol. The number of hydrogen-bond donors (Lipinski definition) is 1. The van der Waals surface area contributed by atoms with Crippen LogP contribution in [0.2, 0.25) is 0 Å². The minimum atomic E-state index is -0.311. The summed E-state index contributed by atoms with van der Waals surface area (Å²) in [6.45, 7) is 2.42. The van der Waals surface area contributed by atoms with Gasteiger partial charge in [-0.15, -0.1) is 0 Å². The molecule has 0 bridgehead atoms. The maximum atomic E-state index is 12.3. The summed E-state index contributed by atoms with van der Waals surface area (Å²) in [5.74, 6) is -0.311. The normalized spacial score (nSPS) is 21.4. The van der Waals surface area contributed by atoms with E-state index in [0.717, 1.165) is 11.2 Å². The van der Waals surface area contributed by atoms with Crippen LogP contribution in [0, 0.1) is 0 Å². The molecule has 0 saturated carbocycles. The largest absolute Gasteiger partial charge is 0.379 e. The first-order chi connectivity index (χ1) is 11.0. The molecule has 1 N–H and O–H groups in total. The summed E-state index contributed by atoms with van der Waals surface area (Å²) in [7, 11) is 5.47. The zero-order valence-corrected chi connectivity index (χ0v) is 13.8. The van der Waals surface area contributed by atoms with E-state index in [2.05, 4.69) is 10.4 Å². The van der Waals surface area contributed by atoms with E-state index in [0.29, 0.717) is 26.2 Å². The first-order valence-corrected chi connectivity index (χ1v) is 7.66. The zero-order chi connectivity index (χ0) is 16.8. The highest BCUT2D eigenvalue weighted by Gasteiger charge is 2.28. The van der Waals surface area contributed by atoms with Crippen LogP contribution in [0.25, 0.3) is 0 Å². The highest BCUT2D eigenvalue weighted by Crippen LogP contribution is 2.12. The zero-order valence-electron chi connectivity index (χ0n) is 13.8. The van der Waals surface area contributed by atoms with Crippen molar-refractivity contribution in [2.45, 2.75) is 18.6 Å². The number of carbonyl (C=O) groups excluding carboxylic acids is 1. The predicted molar refractivity (Wildman–Crippen MR) is 84.5 cm³/mol. The Kier molecular flexibility index (Phi) is 6.26. The van der Waals surface area contributed by atoms with Gasteiger partial charge in [0.05, 0.1) is 19.3 Å². The van der Waals surface area contributed by atoms with Crippen LogP contribution in [-0.2, 0) is 16.5 Å². The van der Waals surface area contributed by atoms with Crippen LogP contribution >= 0.6 is 0 Å². The molecule has 128 valence electrons. The topological polar surface area (TPSA) is 85.7 Å². The molecule has 8 nitrogen and oxygen atoms in total. The van der Waals surface area contributed by atoms with Crippen molar-refractivity contribution in [3.8, 4) is 0 Å². The van der Waals surface area contributed by atoms with Gasteiger partial charge in [0.1, 0.15) is 11.8 Å². The lowest BCUT2D eigenvalue weighted by Crippen LogP contribution is -2.50. The quantitative estimate of drug-likeness (QED) is 0.741. The third kappa shape index (κ3) is 5.12. The summed E-state index contributed by atoms with van der Waals surface area (Å²) in [4.78, 5) is 25.7. The van der Waals surface area contributed by atoms with Crippen molar-refractivity contribution in [3.63, 3.8) is 0 Å². The molecule has 1 aromatic rings. The SMILES string of the molecule is CN(C)CCO[C@@H]1COCC[C@H]1NC(=O)c1ccc(=O)n(C)n1. The van der Waals surface area contributed by atoms with Crippen molar-refractivity contribution in [3.05, 3.63) is 28.2 Å². The highest BCUT2D eigenvalue weighted by atomic mass is 16.5. The summed E-state index contributed by atoms with van der Waals surface area (Å²) < 4.78 is 12.4. The fraction of sp³-hybridized carbons (Fsp3) is 0.667. The molecule has 1 saturated heterocycles. The van der Waals surface area contributed by atoms with E-state index in [1.54, 1.807) is 0 Å². The number of likely N-dealkylation sites (N-methyl/N-ethyl adjacent to an activating group) is 1. The lowest BCUT2D eigenvalue weighted by atomic mass is 10.1. The summed E-state index contributed by atoms with van der Waals surface area (Å²) in [6, 6.07) is 2.63. The molecule has 0 aromatic carbocycles. The molecule has 1 aliphatic rings. The molecular formula is C15H24N4O4. The Balaban J connectivity index is 1.96. The Bertz CT molecular complexity index is 587. The molecular weight excluding hydrogens is 300 g/mol. The molecule has 1 aromatic heterocycles. The number of nitrogens with one attached hydrogen (secondary N) is 1. The van der Waals surface area contributed by atoms with Crippen LogP contribution in [0.3, 0.4) is 0 Å². The van der Waals surface area contributed by atoms with E-state index in [1.807, 2.05) is 19.0 Å². The molecule has 8 heteroatoms. The van der Waals surface area contributed by atoms with Crippen molar-refractivity contribution in [2.75, 3.05) is 40.5 Å². The predicted octanol–water partition coefficient (Wildman–Crippen LogP) is -0.754. The smallest absolute Gasteiger partial charge is 0.272 e. The lowest BCUT2D eigenvalue weighted by molar-refractivity contribution is -0.0691. The molecule has 0 unspecified atom stereocenters. The van der Waals surface area contributed by atoms with Crippen molar-refractivity contribution < 1.29 is 14.3 Å². The monoisotopic (exact) mass is 324 g/mol. The Morgan fingerprint density at radius 2 is 2.30 bits per heavy atom. The average Bonchev–Trinajstić information content (AvgIpc) is 2.51. The summed E-state index contributed by atoms with van der Waals surface area (Å²) in [5.41, 5.74) is -0.0388. The van der Waals surface area contributed by atoms with Crippen LogP contribution in [0.5, 0.6) is 0 Å². The molecule has 0 spiro atoms. The number of ether oxygens (including phenoxy) is 2. The van der Waals surface area contributed by atoms with Crippen molar-refractivity contribution >= 4 is 5.91 Å². The fourth-order valence-corrected chi connectivity index (χ4v) is 2.29. The van der Waals surface area contributed by atoms with Crippen LogP contribution in [0.15, 0.2) is 16.9 Å². The van der Waals surface area contributed by atoms with Gasteiger partial charge in [-0.2, -0.15) is 5.10 Å². The molecule has 0 radical (unpaired) electrons. The van der Waals surface area contributed by atoms with Gasteiger partial charge in [0.15, 0.2) is 0 Å². The molecule has 0 aliphatic carbocycles. The standard InChI is InChI=1S/C15H24N4O4/c1-18(2)7-9-23-13-10-22-8-6-11(13)16-15(21)12-4-5-14(20)19(3)17-12/h4-5,11,13H,6-10H2,1-3H3,(H,16,21)/t11-,13-/m1/s1. The van der Waals surface area contributed by atoms with Crippen molar-refractivity contribution in [2.24, 2.45) is 7.05 Å². The Hall–Kier alpha value is -1.77. The van der Waals surface area contributed by atoms with Crippen molar-refractivity contribution in [1.82, 2.24) is 20.0 Å². The Labute approximate surface area is 135 Å². The molecule has 2 atom stereocenters. The number of amides is 1. The molecule has 23 heavy (non-hydrogen) atoms. The van der Waals surface area contributed by atoms with E-state index < -0.39 is 0 Å². The number of nitrogens with zero attached hydrogens (tertiary/aromatic N) is 3. The van der Waals surface area contributed by atoms with E-state index in [4.69, 9.17) is 9.47 Å². The second-order valence-electron chi connectivity index (χ2n) is 5.84. The molecule has 2 rings (SSSR count). The van der Waals surface area contributed by atoms with E-state index in [-0.39, 0.29) is 29.3 Å². The minimum absolute atomic E-state index is 0.127. The van der Waals surface area contributed by atoms with Gasteiger partial charge in [0.2, 0.25) is 0 Å². The lowest BCUT2D eigenvalue weighted by Gasteiger charge is -2.32. The minimum Gasteiger partial charge on any atom is -0.379 e. The van der Waals surface area contributed by atoms with Gasteiger partial charge in [-0.1, -0.05) is 0 Å². The molecule has 1 amide bonds. The number of aromatic nitrogens is 2. The summed E-state index contributed by atoms with van der Waals surface area (Å²) >= 11 is 0. The Morgan fingerprint density at radius 1 is 1.52 bits per heavy atom. The third-order valence-electron chi connectivity index (χ3n) is 3.68. The molecule has 1 aliphatic heterocycles. The van der Waals surface area contributed by atoms with Gasteiger partial charge in [0, 0.05) is 26.3 Å².